The van der Waals surface area contributed by atoms with Crippen LogP contribution in [0.4, 0.5) is 5.69 Å². The smallest absolute Gasteiger partial charge is 0.361 e. The molecule has 0 aromatic carbocycles. The second-order valence-electron chi connectivity index (χ2n) is 3.65. The van der Waals surface area contributed by atoms with E-state index >= 15 is 0 Å². The van der Waals surface area contributed by atoms with Crippen molar-refractivity contribution in [1.29, 1.82) is 0 Å². The SMILES string of the molecule is CCOC(=O)c1nn(Cc2nonc2C)cc1N. The van der Waals surface area contributed by atoms with Gasteiger partial charge >= 0.3 is 5.97 Å². The van der Waals surface area contributed by atoms with Crippen LogP contribution < -0.4 is 5.73 Å². The molecule has 0 radical (unpaired) electrons. The molecule has 0 fully saturated rings. The molecule has 0 spiro atoms. The van der Waals surface area contributed by atoms with E-state index in [0.29, 0.717) is 17.9 Å². The number of anilines is 1. The maximum atomic E-state index is 11.5. The van der Waals surface area contributed by atoms with Gasteiger partial charge in [0.1, 0.15) is 11.4 Å². The monoisotopic (exact) mass is 251 g/mol. The van der Waals surface area contributed by atoms with E-state index in [9.17, 15) is 4.79 Å². The van der Waals surface area contributed by atoms with Crippen molar-refractivity contribution in [3.8, 4) is 0 Å². The van der Waals surface area contributed by atoms with Crippen molar-refractivity contribution >= 4 is 11.7 Å². The minimum Gasteiger partial charge on any atom is -0.461 e. The molecule has 0 atom stereocenters. The average Bonchev–Trinajstić information content (AvgIpc) is 2.87. The van der Waals surface area contributed by atoms with Gasteiger partial charge in [0, 0.05) is 6.20 Å². The molecule has 0 saturated heterocycles. The van der Waals surface area contributed by atoms with Gasteiger partial charge in [-0.3, -0.25) is 4.68 Å². The van der Waals surface area contributed by atoms with Gasteiger partial charge in [-0.2, -0.15) is 5.10 Å². The third-order valence-corrected chi connectivity index (χ3v) is 2.32. The third kappa shape index (κ3) is 2.31. The Morgan fingerprint density at radius 2 is 2.33 bits per heavy atom. The number of nitrogens with two attached hydrogens (primary N) is 1. The fraction of sp³-hybridized carbons (Fsp3) is 0.400. The molecule has 2 rings (SSSR count). The highest BCUT2D eigenvalue weighted by Crippen LogP contribution is 2.12. The van der Waals surface area contributed by atoms with Crippen molar-refractivity contribution in [2.75, 3.05) is 12.3 Å². The van der Waals surface area contributed by atoms with Crippen LogP contribution in [0.1, 0.15) is 28.8 Å². The van der Waals surface area contributed by atoms with Gasteiger partial charge < -0.3 is 10.5 Å². The van der Waals surface area contributed by atoms with E-state index < -0.39 is 5.97 Å². The highest BCUT2D eigenvalue weighted by molar-refractivity contribution is 5.92. The highest BCUT2D eigenvalue weighted by Gasteiger charge is 2.17. The van der Waals surface area contributed by atoms with Crippen molar-refractivity contribution in [3.63, 3.8) is 0 Å². The maximum Gasteiger partial charge on any atom is 0.361 e. The van der Waals surface area contributed by atoms with Gasteiger partial charge in [-0.15, -0.1) is 0 Å². The van der Waals surface area contributed by atoms with E-state index in [0.717, 1.165) is 0 Å². The molecular formula is C10H13N5O3. The standard InChI is InChI=1S/C10H13N5O3/c1-3-17-10(16)9-7(11)4-15(12-9)5-8-6(2)13-18-14-8/h4H,3,5,11H2,1-2H3. The summed E-state index contributed by atoms with van der Waals surface area (Å²) >= 11 is 0. The molecular weight excluding hydrogens is 238 g/mol. The lowest BCUT2D eigenvalue weighted by atomic mass is 10.3. The lowest BCUT2D eigenvalue weighted by Crippen LogP contribution is -2.09. The van der Waals surface area contributed by atoms with Crippen molar-refractivity contribution in [1.82, 2.24) is 20.1 Å². The van der Waals surface area contributed by atoms with Crippen molar-refractivity contribution in [3.05, 3.63) is 23.3 Å². The van der Waals surface area contributed by atoms with E-state index in [1.807, 2.05) is 0 Å². The van der Waals surface area contributed by atoms with Crippen LogP contribution in [0.2, 0.25) is 0 Å². The zero-order valence-electron chi connectivity index (χ0n) is 10.1. The van der Waals surface area contributed by atoms with Gasteiger partial charge in [-0.05, 0) is 13.8 Å². The molecule has 0 aliphatic rings. The number of aromatic nitrogens is 4. The van der Waals surface area contributed by atoms with Gasteiger partial charge in [-0.25, -0.2) is 9.42 Å². The lowest BCUT2D eigenvalue weighted by Gasteiger charge is -1.98. The highest BCUT2D eigenvalue weighted by atomic mass is 16.6. The molecule has 96 valence electrons. The number of carbonyl (C=O) groups excluding carboxylic acids is 1. The molecule has 0 bridgehead atoms. The fourth-order valence-electron chi connectivity index (χ4n) is 1.42. The number of hydrogen-bond acceptors (Lipinski definition) is 7. The van der Waals surface area contributed by atoms with Gasteiger partial charge in [0.2, 0.25) is 0 Å². The fourth-order valence-corrected chi connectivity index (χ4v) is 1.42. The van der Waals surface area contributed by atoms with Gasteiger partial charge in [0.25, 0.3) is 0 Å². The summed E-state index contributed by atoms with van der Waals surface area (Å²) in [6.07, 6.45) is 1.54. The number of nitrogen functional groups attached to an aromatic ring is 1. The first-order chi connectivity index (χ1) is 8.61. The number of hydrogen-bond donors (Lipinski definition) is 1. The number of nitrogens with zero attached hydrogens (tertiary/aromatic N) is 4. The van der Waals surface area contributed by atoms with Crippen molar-refractivity contribution in [2.24, 2.45) is 0 Å². The zero-order chi connectivity index (χ0) is 13.1. The Morgan fingerprint density at radius 3 is 2.94 bits per heavy atom. The molecule has 2 aromatic heterocycles. The summed E-state index contributed by atoms with van der Waals surface area (Å²) in [6.45, 7) is 4.09. The third-order valence-electron chi connectivity index (χ3n) is 2.32. The number of aryl methyl sites for hydroxylation is 1. The molecule has 8 nitrogen and oxygen atoms in total. The molecule has 0 unspecified atom stereocenters. The molecule has 18 heavy (non-hydrogen) atoms. The Kier molecular flexibility index (Phi) is 3.26. The zero-order valence-corrected chi connectivity index (χ0v) is 10.1. The normalized spacial score (nSPS) is 10.6. The molecule has 0 aliphatic heterocycles. The van der Waals surface area contributed by atoms with E-state index in [-0.39, 0.29) is 18.0 Å². The van der Waals surface area contributed by atoms with Gasteiger partial charge in [0.05, 0.1) is 18.8 Å². The summed E-state index contributed by atoms with van der Waals surface area (Å²) in [5.74, 6) is -0.538. The quantitative estimate of drug-likeness (QED) is 0.782. The average molecular weight is 251 g/mol. The van der Waals surface area contributed by atoms with Crippen molar-refractivity contribution < 1.29 is 14.2 Å². The number of esters is 1. The lowest BCUT2D eigenvalue weighted by molar-refractivity contribution is 0.0519. The van der Waals surface area contributed by atoms with Crippen LogP contribution >= 0.6 is 0 Å². The van der Waals surface area contributed by atoms with Crippen LogP contribution in [0.25, 0.3) is 0 Å². The molecule has 2 heterocycles. The Balaban J connectivity index is 2.19. The van der Waals surface area contributed by atoms with Crippen LogP contribution in [-0.2, 0) is 11.3 Å². The topological polar surface area (TPSA) is 109 Å². The second kappa shape index (κ2) is 4.86. The van der Waals surface area contributed by atoms with Crippen LogP contribution in [0.15, 0.2) is 10.8 Å². The Labute approximate surface area is 103 Å². The second-order valence-corrected chi connectivity index (χ2v) is 3.65. The Hall–Kier alpha value is -2.38. The predicted molar refractivity (Wildman–Crippen MR) is 60.7 cm³/mol. The number of carbonyl (C=O) groups is 1. The van der Waals surface area contributed by atoms with E-state index in [2.05, 4.69) is 20.0 Å². The van der Waals surface area contributed by atoms with Crippen LogP contribution in [-0.4, -0.2) is 32.7 Å². The van der Waals surface area contributed by atoms with Crippen LogP contribution in [0.3, 0.4) is 0 Å². The molecule has 8 heteroatoms. The van der Waals surface area contributed by atoms with Gasteiger partial charge in [0.15, 0.2) is 5.69 Å². The largest absolute Gasteiger partial charge is 0.461 e. The van der Waals surface area contributed by atoms with Crippen LogP contribution in [0.5, 0.6) is 0 Å². The summed E-state index contributed by atoms with van der Waals surface area (Å²) in [4.78, 5) is 11.5. The Bertz CT molecular complexity index is 560. The molecule has 0 saturated carbocycles. The molecule has 2 aromatic rings. The molecule has 0 aliphatic carbocycles. The summed E-state index contributed by atoms with van der Waals surface area (Å²) in [6, 6.07) is 0. The minimum absolute atomic E-state index is 0.103. The molecule has 0 amide bonds. The van der Waals surface area contributed by atoms with Gasteiger partial charge in [-0.1, -0.05) is 10.3 Å². The Morgan fingerprint density at radius 1 is 1.56 bits per heavy atom. The summed E-state index contributed by atoms with van der Waals surface area (Å²) < 4.78 is 10.9. The van der Waals surface area contributed by atoms with Crippen LogP contribution in [0, 0.1) is 6.92 Å². The first-order valence-electron chi connectivity index (χ1n) is 5.40. The van der Waals surface area contributed by atoms with E-state index in [4.69, 9.17) is 10.5 Å². The number of rotatable bonds is 4. The summed E-state index contributed by atoms with van der Waals surface area (Å²) in [7, 11) is 0. The molecule has 2 N–H and O–H groups in total. The minimum atomic E-state index is -0.538. The van der Waals surface area contributed by atoms with E-state index in [1.54, 1.807) is 20.0 Å². The van der Waals surface area contributed by atoms with Crippen molar-refractivity contribution in [2.45, 2.75) is 20.4 Å². The predicted octanol–water partition coefficient (Wildman–Crippen LogP) is 0.382. The first-order valence-corrected chi connectivity index (χ1v) is 5.40. The van der Waals surface area contributed by atoms with E-state index in [1.165, 1.54) is 4.68 Å². The summed E-state index contributed by atoms with van der Waals surface area (Å²) in [5.41, 5.74) is 7.37. The summed E-state index contributed by atoms with van der Waals surface area (Å²) in [5, 5.41) is 11.4. The first kappa shape index (κ1) is 12.1. The number of ether oxygens (including phenoxy) is 1. The maximum absolute atomic E-state index is 11.5.